The van der Waals surface area contributed by atoms with Gasteiger partial charge in [0.2, 0.25) is 0 Å². The fourth-order valence-electron chi connectivity index (χ4n) is 2.34. The van der Waals surface area contributed by atoms with Crippen LogP contribution in [0.25, 0.3) is 0 Å². The molecule has 0 radical (unpaired) electrons. The van der Waals surface area contributed by atoms with Crippen LogP contribution in [0.5, 0.6) is 17.2 Å². The van der Waals surface area contributed by atoms with Crippen LogP contribution in [0.15, 0.2) is 42.5 Å². The zero-order chi connectivity index (χ0) is 16.5. The quantitative estimate of drug-likeness (QED) is 0.731. The smallest absolute Gasteiger partial charge is 0.292 e. The Hall–Kier alpha value is -3.18. The number of rotatable bonds is 7. The number of benzene rings is 2. The highest BCUT2D eigenvalue weighted by Crippen LogP contribution is 2.28. The average Bonchev–Trinajstić information content (AvgIpc) is 2.58. The summed E-state index contributed by atoms with van der Waals surface area (Å²) in [5.74, 6) is 1.55. The number of hydrogen-bond acceptors (Lipinski definition) is 5. The number of hydrogen-bond donors (Lipinski definition) is 0. The highest BCUT2D eigenvalue weighted by atomic mass is 16.5. The van der Waals surface area contributed by atoms with E-state index >= 15 is 0 Å². The van der Waals surface area contributed by atoms with Crippen LogP contribution in [0.4, 0.5) is 0 Å². The van der Waals surface area contributed by atoms with E-state index in [-0.39, 0.29) is 0 Å². The summed E-state index contributed by atoms with van der Waals surface area (Å²) in [6, 6.07) is 13.0. The van der Waals surface area contributed by atoms with Crippen LogP contribution in [0.1, 0.15) is 17.5 Å². The van der Waals surface area contributed by atoms with Gasteiger partial charge in [0.05, 0.1) is 7.11 Å². The van der Waals surface area contributed by atoms with E-state index in [1.54, 1.807) is 31.8 Å². The Morgan fingerprint density at radius 1 is 0.870 bits per heavy atom. The molecule has 0 aliphatic rings. The summed E-state index contributed by atoms with van der Waals surface area (Å²) < 4.78 is 15.0. The van der Waals surface area contributed by atoms with Crippen molar-refractivity contribution in [2.75, 3.05) is 7.11 Å². The number of nitriles is 2. The summed E-state index contributed by atoms with van der Waals surface area (Å²) >= 11 is 0. The third kappa shape index (κ3) is 4.39. The SMILES string of the molecule is COc1cc(CCCc2ccccc2OC#N)ccc1OC#N. The molecule has 0 aliphatic heterocycles. The highest BCUT2D eigenvalue weighted by Gasteiger charge is 2.07. The second-order valence-electron chi connectivity index (χ2n) is 4.83. The van der Waals surface area contributed by atoms with Crippen LogP contribution in [0, 0.1) is 23.0 Å². The molecule has 116 valence electrons. The molecule has 5 nitrogen and oxygen atoms in total. The minimum absolute atomic E-state index is 0.409. The Kier molecular flexibility index (Phi) is 5.85. The maximum absolute atomic E-state index is 8.65. The summed E-state index contributed by atoms with van der Waals surface area (Å²) in [5, 5.41) is 17.2. The number of para-hydroxylation sites is 1. The molecule has 0 saturated heterocycles. The van der Waals surface area contributed by atoms with Crippen molar-refractivity contribution in [2.45, 2.75) is 19.3 Å². The molecular formula is C18H16N2O3. The fourth-order valence-corrected chi connectivity index (χ4v) is 2.34. The van der Waals surface area contributed by atoms with Crippen molar-refractivity contribution in [1.29, 1.82) is 10.5 Å². The summed E-state index contributed by atoms with van der Waals surface area (Å²) in [6.07, 6.45) is 5.89. The lowest BCUT2D eigenvalue weighted by atomic mass is 10.0. The number of aryl methyl sites for hydroxylation is 2. The summed E-state index contributed by atoms with van der Waals surface area (Å²) in [4.78, 5) is 0. The first-order valence-electron chi connectivity index (χ1n) is 7.15. The van der Waals surface area contributed by atoms with E-state index in [1.165, 1.54) is 0 Å². The lowest BCUT2D eigenvalue weighted by molar-refractivity contribution is 0.383. The molecule has 0 atom stereocenters. The molecule has 2 aromatic carbocycles. The van der Waals surface area contributed by atoms with Crippen LogP contribution in [0.3, 0.4) is 0 Å². The summed E-state index contributed by atoms with van der Waals surface area (Å²) in [5.41, 5.74) is 2.09. The van der Waals surface area contributed by atoms with Crippen molar-refractivity contribution < 1.29 is 14.2 Å². The highest BCUT2D eigenvalue weighted by molar-refractivity contribution is 5.43. The first kappa shape index (κ1) is 16.2. The van der Waals surface area contributed by atoms with Gasteiger partial charge in [-0.15, -0.1) is 10.5 Å². The molecule has 2 aromatic rings. The van der Waals surface area contributed by atoms with E-state index < -0.39 is 0 Å². The predicted molar refractivity (Wildman–Crippen MR) is 83.9 cm³/mol. The van der Waals surface area contributed by atoms with Crippen LogP contribution in [-0.2, 0) is 12.8 Å². The molecule has 2 rings (SSSR count). The first-order valence-corrected chi connectivity index (χ1v) is 7.15. The van der Waals surface area contributed by atoms with Crippen LogP contribution in [0.2, 0.25) is 0 Å². The third-order valence-corrected chi connectivity index (χ3v) is 3.42. The van der Waals surface area contributed by atoms with Gasteiger partial charge in [-0.2, -0.15) is 0 Å². The Morgan fingerprint density at radius 3 is 2.35 bits per heavy atom. The predicted octanol–water partition coefficient (Wildman–Crippen LogP) is 3.59. The van der Waals surface area contributed by atoms with Crippen LogP contribution in [-0.4, -0.2) is 7.11 Å². The van der Waals surface area contributed by atoms with Crippen molar-refractivity contribution in [2.24, 2.45) is 0 Å². The molecule has 0 aliphatic carbocycles. The standard InChI is InChI=1S/C18H16N2O3/c1-21-18-11-14(9-10-17(18)23-13-20)5-4-7-15-6-2-3-8-16(15)22-12-19/h2-3,6,8-11H,4-5,7H2,1H3. The molecule has 0 saturated carbocycles. The Bertz CT molecular complexity index is 745. The zero-order valence-electron chi connectivity index (χ0n) is 12.8. The van der Waals surface area contributed by atoms with Gasteiger partial charge >= 0.3 is 0 Å². The van der Waals surface area contributed by atoms with Gasteiger partial charge in [-0.25, -0.2) is 0 Å². The van der Waals surface area contributed by atoms with Crippen molar-refractivity contribution >= 4 is 0 Å². The lowest BCUT2D eigenvalue weighted by Crippen LogP contribution is -1.95. The van der Waals surface area contributed by atoms with E-state index in [0.29, 0.717) is 17.2 Å². The molecule has 23 heavy (non-hydrogen) atoms. The fraction of sp³-hybridized carbons (Fsp3) is 0.222. The normalized spacial score (nSPS) is 9.52. The van der Waals surface area contributed by atoms with Crippen molar-refractivity contribution in [3.63, 3.8) is 0 Å². The first-order chi connectivity index (χ1) is 11.3. The summed E-state index contributed by atoms with van der Waals surface area (Å²) in [6.45, 7) is 0. The molecule has 0 amide bonds. The summed E-state index contributed by atoms with van der Waals surface area (Å²) in [7, 11) is 1.54. The zero-order valence-corrected chi connectivity index (χ0v) is 12.8. The molecule has 0 aromatic heterocycles. The second-order valence-corrected chi connectivity index (χ2v) is 4.83. The average molecular weight is 308 g/mol. The molecular weight excluding hydrogens is 292 g/mol. The Labute approximate surface area is 135 Å². The molecule has 0 N–H and O–H groups in total. The third-order valence-electron chi connectivity index (χ3n) is 3.42. The van der Waals surface area contributed by atoms with Gasteiger partial charge in [-0.1, -0.05) is 24.3 Å². The monoisotopic (exact) mass is 308 g/mol. The van der Waals surface area contributed by atoms with Crippen molar-refractivity contribution in [3.8, 4) is 29.8 Å². The van der Waals surface area contributed by atoms with Gasteiger partial charge in [0.25, 0.3) is 12.5 Å². The van der Waals surface area contributed by atoms with Crippen molar-refractivity contribution in [3.05, 3.63) is 53.6 Å². The van der Waals surface area contributed by atoms with Gasteiger partial charge < -0.3 is 14.2 Å². The van der Waals surface area contributed by atoms with Crippen LogP contribution < -0.4 is 14.2 Å². The van der Waals surface area contributed by atoms with E-state index in [9.17, 15) is 0 Å². The maximum atomic E-state index is 8.65. The molecule has 0 bridgehead atoms. The van der Waals surface area contributed by atoms with Gasteiger partial charge in [0.15, 0.2) is 11.5 Å². The second kappa shape index (κ2) is 8.31. The molecule has 0 fully saturated rings. The largest absolute Gasteiger partial charge is 0.493 e. The topological polar surface area (TPSA) is 75.3 Å². The molecule has 5 heteroatoms. The number of nitrogens with zero attached hydrogens (tertiary/aromatic N) is 2. The van der Waals surface area contributed by atoms with Crippen LogP contribution >= 0.6 is 0 Å². The Morgan fingerprint density at radius 2 is 1.61 bits per heavy atom. The van der Waals surface area contributed by atoms with E-state index in [2.05, 4.69) is 0 Å². The number of methoxy groups -OCH3 is 1. The minimum Gasteiger partial charge on any atom is -0.493 e. The molecule has 0 spiro atoms. The van der Waals surface area contributed by atoms with E-state index in [4.69, 9.17) is 24.7 Å². The minimum atomic E-state index is 0.409. The maximum Gasteiger partial charge on any atom is 0.292 e. The van der Waals surface area contributed by atoms with E-state index in [0.717, 1.165) is 30.4 Å². The van der Waals surface area contributed by atoms with Gasteiger partial charge in [0.1, 0.15) is 5.75 Å². The van der Waals surface area contributed by atoms with Crippen molar-refractivity contribution in [1.82, 2.24) is 0 Å². The van der Waals surface area contributed by atoms with Gasteiger partial charge in [-0.05, 0) is 48.6 Å². The lowest BCUT2D eigenvalue weighted by Gasteiger charge is -2.09. The Balaban J connectivity index is 1.99. The number of ether oxygens (including phenoxy) is 3. The van der Waals surface area contributed by atoms with E-state index in [1.807, 2.05) is 30.3 Å². The molecule has 0 heterocycles. The van der Waals surface area contributed by atoms with Gasteiger partial charge in [-0.3, -0.25) is 0 Å². The van der Waals surface area contributed by atoms with Gasteiger partial charge in [0, 0.05) is 0 Å². The molecule has 0 unspecified atom stereocenters.